The van der Waals surface area contributed by atoms with Crippen LogP contribution in [0.25, 0.3) is 0 Å². The number of amides is 2. The van der Waals surface area contributed by atoms with Crippen molar-refractivity contribution in [3.63, 3.8) is 0 Å². The van der Waals surface area contributed by atoms with Crippen LogP contribution in [-0.4, -0.2) is 43.2 Å². The Bertz CT molecular complexity index is 512. The van der Waals surface area contributed by atoms with Gasteiger partial charge in [-0.1, -0.05) is 12.1 Å². The molecule has 0 aliphatic rings. The molecule has 1 atom stereocenters. The number of carbonyl (C=O) groups is 2. The topological polar surface area (TPSA) is 70.2 Å². The second kappa shape index (κ2) is 11.3. The first-order valence-electron chi connectivity index (χ1n) is 7.40. The summed E-state index contributed by atoms with van der Waals surface area (Å²) >= 11 is 1.38. The molecule has 0 aliphatic carbocycles. The average molecular weight is 360 g/mol. The molecule has 0 bridgehead atoms. The minimum absolute atomic E-state index is 0. The van der Waals surface area contributed by atoms with Gasteiger partial charge in [0.25, 0.3) is 5.91 Å². The second-order valence-electron chi connectivity index (χ2n) is 5.41. The molecule has 0 fully saturated rings. The van der Waals surface area contributed by atoms with Crippen LogP contribution in [0.3, 0.4) is 0 Å². The summed E-state index contributed by atoms with van der Waals surface area (Å²) in [5.41, 5.74) is 0.605. The Morgan fingerprint density at radius 1 is 1.17 bits per heavy atom. The number of halogens is 1. The maximum Gasteiger partial charge on any atom is 0.252 e. The van der Waals surface area contributed by atoms with E-state index in [9.17, 15) is 9.59 Å². The van der Waals surface area contributed by atoms with Crippen molar-refractivity contribution in [3.05, 3.63) is 29.8 Å². The highest BCUT2D eigenvalue weighted by molar-refractivity contribution is 8.00. The van der Waals surface area contributed by atoms with Gasteiger partial charge in [-0.3, -0.25) is 9.59 Å². The monoisotopic (exact) mass is 359 g/mol. The highest BCUT2D eigenvalue weighted by atomic mass is 35.5. The Hall–Kier alpha value is -1.24. The van der Waals surface area contributed by atoms with Crippen LogP contribution in [-0.2, 0) is 4.79 Å². The fourth-order valence-electron chi connectivity index (χ4n) is 1.73. The molecule has 3 N–H and O–H groups in total. The highest BCUT2D eigenvalue weighted by Gasteiger charge is 2.13. The molecule has 23 heavy (non-hydrogen) atoms. The predicted octanol–water partition coefficient (Wildman–Crippen LogP) is 2.06. The zero-order chi connectivity index (χ0) is 16.5. The van der Waals surface area contributed by atoms with Gasteiger partial charge < -0.3 is 16.0 Å². The van der Waals surface area contributed by atoms with Crippen molar-refractivity contribution in [2.24, 2.45) is 0 Å². The van der Waals surface area contributed by atoms with E-state index in [-0.39, 0.29) is 36.3 Å². The molecule has 2 amide bonds. The molecule has 0 heterocycles. The molecule has 0 aliphatic heterocycles. The summed E-state index contributed by atoms with van der Waals surface area (Å²) in [5.74, 6) is 0.156. The normalized spacial score (nSPS) is 11.5. The minimum Gasteiger partial charge on any atom is -0.353 e. The van der Waals surface area contributed by atoms with Crippen molar-refractivity contribution >= 4 is 36.0 Å². The zero-order valence-corrected chi connectivity index (χ0v) is 15.6. The summed E-state index contributed by atoms with van der Waals surface area (Å²) in [5, 5.41) is 8.81. The van der Waals surface area contributed by atoms with Crippen LogP contribution in [0.1, 0.15) is 31.1 Å². The summed E-state index contributed by atoms with van der Waals surface area (Å²) in [6, 6.07) is 7.67. The third kappa shape index (κ3) is 8.25. The molecule has 0 saturated heterocycles. The first-order valence-corrected chi connectivity index (χ1v) is 8.39. The fraction of sp³-hybridized carbons (Fsp3) is 0.500. The van der Waals surface area contributed by atoms with E-state index in [0.29, 0.717) is 17.9 Å². The molecule has 0 aromatic heterocycles. The molecule has 1 unspecified atom stereocenters. The van der Waals surface area contributed by atoms with Crippen molar-refractivity contribution in [2.45, 2.75) is 37.8 Å². The van der Waals surface area contributed by atoms with E-state index in [2.05, 4.69) is 16.0 Å². The fourth-order valence-corrected chi connectivity index (χ4v) is 2.59. The first-order chi connectivity index (χ1) is 10.4. The van der Waals surface area contributed by atoms with Crippen molar-refractivity contribution < 1.29 is 9.59 Å². The van der Waals surface area contributed by atoms with Gasteiger partial charge in [-0.05, 0) is 40.0 Å². The van der Waals surface area contributed by atoms with E-state index >= 15 is 0 Å². The Labute approximate surface area is 148 Å². The van der Waals surface area contributed by atoms with Crippen molar-refractivity contribution in [1.29, 1.82) is 0 Å². The molecule has 130 valence electrons. The van der Waals surface area contributed by atoms with Crippen LogP contribution >= 0.6 is 24.2 Å². The number of likely N-dealkylation sites (N-methyl/N-ethyl adjacent to an activating group) is 1. The van der Waals surface area contributed by atoms with Gasteiger partial charge in [0.1, 0.15) is 0 Å². The Balaban J connectivity index is 0.00000484. The molecular formula is C16H26ClN3O2S. The third-order valence-electron chi connectivity index (χ3n) is 3.00. The number of benzene rings is 1. The van der Waals surface area contributed by atoms with Crippen molar-refractivity contribution in [3.8, 4) is 0 Å². The molecule has 1 rings (SSSR count). The maximum absolute atomic E-state index is 12.3. The summed E-state index contributed by atoms with van der Waals surface area (Å²) in [6.45, 7) is 6.40. The number of carbonyl (C=O) groups excluding carboxylic acids is 2. The third-order valence-corrected chi connectivity index (χ3v) is 4.08. The van der Waals surface area contributed by atoms with Crippen molar-refractivity contribution in [2.75, 3.05) is 19.3 Å². The quantitative estimate of drug-likeness (QED) is 0.621. The largest absolute Gasteiger partial charge is 0.353 e. The Morgan fingerprint density at radius 2 is 1.83 bits per heavy atom. The molecule has 7 heteroatoms. The summed E-state index contributed by atoms with van der Waals surface area (Å²) in [7, 11) is 1.86. The van der Waals surface area contributed by atoms with Gasteiger partial charge in [0, 0.05) is 23.5 Å². The molecule has 0 spiro atoms. The first kappa shape index (κ1) is 21.8. The van der Waals surface area contributed by atoms with Crippen LogP contribution in [0.4, 0.5) is 0 Å². The van der Waals surface area contributed by atoms with Gasteiger partial charge in [-0.15, -0.1) is 24.2 Å². The smallest absolute Gasteiger partial charge is 0.252 e. The van der Waals surface area contributed by atoms with Gasteiger partial charge >= 0.3 is 0 Å². The van der Waals surface area contributed by atoms with Gasteiger partial charge in [0.05, 0.1) is 11.3 Å². The lowest BCUT2D eigenvalue weighted by molar-refractivity contribution is -0.119. The van der Waals surface area contributed by atoms with E-state index in [1.807, 2.05) is 46.0 Å². The molecule has 0 radical (unpaired) electrons. The molecule has 1 aromatic rings. The van der Waals surface area contributed by atoms with E-state index in [1.54, 1.807) is 6.07 Å². The summed E-state index contributed by atoms with van der Waals surface area (Å²) < 4.78 is 0. The lowest BCUT2D eigenvalue weighted by Crippen LogP contribution is -2.37. The van der Waals surface area contributed by atoms with Crippen LogP contribution in [0, 0.1) is 0 Å². The molecule has 1 aromatic carbocycles. The van der Waals surface area contributed by atoms with Gasteiger partial charge in [0.15, 0.2) is 0 Å². The van der Waals surface area contributed by atoms with E-state index in [1.165, 1.54) is 11.8 Å². The summed E-state index contributed by atoms with van der Waals surface area (Å²) in [6.07, 6.45) is 0. The Kier molecular flexibility index (Phi) is 10.7. The SMILES string of the molecule is CNC(C)CNC(=O)c1ccccc1SCC(=O)NC(C)C.Cl. The molecule has 5 nitrogen and oxygen atoms in total. The van der Waals surface area contributed by atoms with Gasteiger partial charge in [-0.2, -0.15) is 0 Å². The number of hydrogen-bond acceptors (Lipinski definition) is 4. The highest BCUT2D eigenvalue weighted by Crippen LogP contribution is 2.22. The number of rotatable bonds is 8. The number of hydrogen-bond donors (Lipinski definition) is 3. The lowest BCUT2D eigenvalue weighted by Gasteiger charge is -2.13. The summed E-state index contributed by atoms with van der Waals surface area (Å²) in [4.78, 5) is 24.8. The standard InChI is InChI=1S/C16H25N3O2S.ClH/c1-11(2)19-15(20)10-22-14-8-6-5-7-13(14)16(21)18-9-12(3)17-4;/h5-8,11-12,17H,9-10H2,1-4H3,(H,18,21)(H,19,20);1H. The van der Waals surface area contributed by atoms with E-state index in [4.69, 9.17) is 0 Å². The van der Waals surface area contributed by atoms with Gasteiger partial charge in [-0.25, -0.2) is 0 Å². The average Bonchev–Trinajstić information content (AvgIpc) is 2.49. The maximum atomic E-state index is 12.3. The molecule has 0 saturated carbocycles. The zero-order valence-electron chi connectivity index (χ0n) is 14.0. The van der Waals surface area contributed by atoms with Crippen LogP contribution in [0.2, 0.25) is 0 Å². The van der Waals surface area contributed by atoms with Crippen LogP contribution < -0.4 is 16.0 Å². The van der Waals surface area contributed by atoms with Crippen LogP contribution in [0.15, 0.2) is 29.2 Å². The Morgan fingerprint density at radius 3 is 2.43 bits per heavy atom. The lowest BCUT2D eigenvalue weighted by atomic mass is 10.2. The number of nitrogens with one attached hydrogen (secondary N) is 3. The second-order valence-corrected chi connectivity index (χ2v) is 6.42. The van der Waals surface area contributed by atoms with Crippen molar-refractivity contribution in [1.82, 2.24) is 16.0 Å². The number of thioether (sulfide) groups is 1. The molecular weight excluding hydrogens is 334 g/mol. The minimum atomic E-state index is -0.116. The van der Waals surface area contributed by atoms with Gasteiger partial charge in [0.2, 0.25) is 5.91 Å². The van der Waals surface area contributed by atoms with E-state index < -0.39 is 0 Å². The predicted molar refractivity (Wildman–Crippen MR) is 98.5 cm³/mol. The van der Waals surface area contributed by atoms with Crippen LogP contribution in [0.5, 0.6) is 0 Å². The van der Waals surface area contributed by atoms with E-state index in [0.717, 1.165) is 4.90 Å².